The van der Waals surface area contributed by atoms with E-state index in [1.807, 2.05) is 6.07 Å². The van der Waals surface area contributed by atoms with Gasteiger partial charge in [0.05, 0.1) is 16.3 Å². The van der Waals surface area contributed by atoms with Crippen LogP contribution in [0, 0.1) is 0 Å². The van der Waals surface area contributed by atoms with E-state index in [2.05, 4.69) is 25.8 Å². The molecular formula is C8H9BrN2O. The molecule has 4 heteroatoms. The predicted molar refractivity (Wildman–Crippen MR) is 50.2 cm³/mol. The van der Waals surface area contributed by atoms with Crippen LogP contribution in [0.4, 0.5) is 5.69 Å². The van der Waals surface area contributed by atoms with Crippen molar-refractivity contribution in [2.75, 3.05) is 18.0 Å². The normalized spacial score (nSPS) is 17.7. The van der Waals surface area contributed by atoms with Gasteiger partial charge in [0.25, 0.3) is 0 Å². The lowest BCUT2D eigenvalue weighted by molar-refractivity contribution is 0.142. The second kappa shape index (κ2) is 3.03. The molecule has 1 saturated heterocycles. The number of aromatic nitrogens is 1. The largest absolute Gasteiger partial charge is 0.389 e. The minimum absolute atomic E-state index is 0.162. The van der Waals surface area contributed by atoms with Crippen molar-refractivity contribution in [3.8, 4) is 0 Å². The summed E-state index contributed by atoms with van der Waals surface area (Å²) in [5, 5.41) is 9.10. The zero-order valence-electron chi connectivity index (χ0n) is 6.44. The van der Waals surface area contributed by atoms with E-state index in [0.29, 0.717) is 0 Å². The Balaban J connectivity index is 2.18. The van der Waals surface area contributed by atoms with Crippen molar-refractivity contribution in [1.82, 2.24) is 4.98 Å². The first-order valence-corrected chi connectivity index (χ1v) is 4.59. The Labute approximate surface area is 79.2 Å². The third kappa shape index (κ3) is 1.32. The summed E-state index contributed by atoms with van der Waals surface area (Å²) >= 11 is 3.41. The smallest absolute Gasteiger partial charge is 0.0889 e. The lowest BCUT2D eigenvalue weighted by Crippen LogP contribution is -2.50. The SMILES string of the molecule is OC1CN(c2ccncc2Br)C1. The molecule has 3 nitrogen and oxygen atoms in total. The Morgan fingerprint density at radius 1 is 1.58 bits per heavy atom. The number of hydrogen-bond donors (Lipinski definition) is 1. The highest BCUT2D eigenvalue weighted by Gasteiger charge is 2.25. The monoisotopic (exact) mass is 228 g/mol. The summed E-state index contributed by atoms with van der Waals surface area (Å²) in [7, 11) is 0. The van der Waals surface area contributed by atoms with Crippen molar-refractivity contribution in [1.29, 1.82) is 0 Å². The molecule has 0 amide bonds. The second-order valence-corrected chi connectivity index (χ2v) is 3.74. The fourth-order valence-corrected chi connectivity index (χ4v) is 1.78. The summed E-state index contributed by atoms with van der Waals surface area (Å²) in [6.07, 6.45) is 3.36. The number of β-amino-alcohol motifs (C(OH)–C–C–N with tert-alkyl or cyclic N) is 1. The maximum atomic E-state index is 9.10. The maximum Gasteiger partial charge on any atom is 0.0889 e. The molecule has 1 aromatic rings. The molecule has 12 heavy (non-hydrogen) atoms. The van der Waals surface area contributed by atoms with Crippen molar-refractivity contribution in [3.63, 3.8) is 0 Å². The van der Waals surface area contributed by atoms with Crippen LogP contribution < -0.4 is 4.90 Å². The van der Waals surface area contributed by atoms with Gasteiger partial charge < -0.3 is 10.0 Å². The summed E-state index contributed by atoms with van der Waals surface area (Å²) < 4.78 is 0.983. The van der Waals surface area contributed by atoms with E-state index in [-0.39, 0.29) is 6.10 Å². The first-order valence-electron chi connectivity index (χ1n) is 3.80. The van der Waals surface area contributed by atoms with Gasteiger partial charge in [0.1, 0.15) is 0 Å². The van der Waals surface area contributed by atoms with Crippen LogP contribution >= 0.6 is 15.9 Å². The van der Waals surface area contributed by atoms with Gasteiger partial charge in [-0.25, -0.2) is 0 Å². The molecule has 0 atom stereocenters. The third-order valence-electron chi connectivity index (χ3n) is 1.95. The number of pyridine rings is 1. The van der Waals surface area contributed by atoms with Crippen molar-refractivity contribution in [3.05, 3.63) is 22.9 Å². The molecule has 0 unspecified atom stereocenters. The van der Waals surface area contributed by atoms with E-state index in [1.165, 1.54) is 0 Å². The molecule has 0 bridgehead atoms. The van der Waals surface area contributed by atoms with Crippen molar-refractivity contribution in [2.24, 2.45) is 0 Å². The van der Waals surface area contributed by atoms with Gasteiger partial charge in [-0.3, -0.25) is 4.98 Å². The standard InChI is InChI=1S/C8H9BrN2O/c9-7-3-10-2-1-8(7)11-4-6(12)5-11/h1-3,6,12H,4-5H2. The summed E-state index contributed by atoms with van der Waals surface area (Å²) in [5.41, 5.74) is 1.11. The van der Waals surface area contributed by atoms with Crippen LogP contribution in [0.2, 0.25) is 0 Å². The van der Waals surface area contributed by atoms with E-state index >= 15 is 0 Å². The van der Waals surface area contributed by atoms with E-state index in [4.69, 9.17) is 5.11 Å². The number of anilines is 1. The summed E-state index contributed by atoms with van der Waals surface area (Å²) in [6.45, 7) is 1.45. The van der Waals surface area contributed by atoms with Gasteiger partial charge in [-0.2, -0.15) is 0 Å². The van der Waals surface area contributed by atoms with E-state index in [0.717, 1.165) is 23.2 Å². The number of rotatable bonds is 1. The van der Waals surface area contributed by atoms with Gasteiger partial charge in [-0.15, -0.1) is 0 Å². The fourth-order valence-electron chi connectivity index (χ4n) is 1.28. The molecular weight excluding hydrogens is 220 g/mol. The highest BCUT2D eigenvalue weighted by molar-refractivity contribution is 9.10. The molecule has 1 aliphatic heterocycles. The number of hydrogen-bond acceptors (Lipinski definition) is 3. The van der Waals surface area contributed by atoms with Crippen LogP contribution in [0.5, 0.6) is 0 Å². The third-order valence-corrected chi connectivity index (χ3v) is 2.56. The molecule has 64 valence electrons. The van der Waals surface area contributed by atoms with Crippen molar-refractivity contribution >= 4 is 21.6 Å². The van der Waals surface area contributed by atoms with E-state index in [1.54, 1.807) is 12.4 Å². The molecule has 0 radical (unpaired) electrons. The van der Waals surface area contributed by atoms with Crippen LogP contribution in [0.3, 0.4) is 0 Å². The minimum atomic E-state index is -0.162. The Kier molecular flexibility index (Phi) is 2.02. The number of halogens is 1. The Hall–Kier alpha value is -0.610. The maximum absolute atomic E-state index is 9.10. The summed E-state index contributed by atoms with van der Waals surface area (Å²) in [6, 6.07) is 1.94. The lowest BCUT2D eigenvalue weighted by atomic mass is 10.1. The Bertz CT molecular complexity index is 286. The Morgan fingerprint density at radius 2 is 2.33 bits per heavy atom. The number of aliphatic hydroxyl groups is 1. The van der Waals surface area contributed by atoms with Gasteiger partial charge in [-0.1, -0.05) is 0 Å². The number of nitrogens with zero attached hydrogens (tertiary/aromatic N) is 2. The minimum Gasteiger partial charge on any atom is -0.389 e. The molecule has 0 aliphatic carbocycles. The quantitative estimate of drug-likeness (QED) is 0.781. The topological polar surface area (TPSA) is 36.4 Å². The second-order valence-electron chi connectivity index (χ2n) is 2.89. The first-order chi connectivity index (χ1) is 5.77. The van der Waals surface area contributed by atoms with Crippen LogP contribution in [0.25, 0.3) is 0 Å². The predicted octanol–water partition coefficient (Wildman–Crippen LogP) is 1.02. The van der Waals surface area contributed by atoms with Crippen LogP contribution in [-0.2, 0) is 0 Å². The molecule has 1 N–H and O–H groups in total. The van der Waals surface area contributed by atoms with Crippen LogP contribution in [0.15, 0.2) is 22.9 Å². The Morgan fingerprint density at radius 3 is 2.92 bits per heavy atom. The summed E-state index contributed by atoms with van der Waals surface area (Å²) in [4.78, 5) is 6.08. The molecule has 0 saturated carbocycles. The molecule has 1 fully saturated rings. The highest BCUT2D eigenvalue weighted by atomic mass is 79.9. The van der Waals surface area contributed by atoms with E-state index in [9.17, 15) is 0 Å². The van der Waals surface area contributed by atoms with Gasteiger partial charge in [0, 0.05) is 25.5 Å². The van der Waals surface area contributed by atoms with Crippen LogP contribution in [-0.4, -0.2) is 29.3 Å². The fraction of sp³-hybridized carbons (Fsp3) is 0.375. The average Bonchev–Trinajstić information content (AvgIpc) is 2.01. The van der Waals surface area contributed by atoms with Crippen molar-refractivity contribution < 1.29 is 5.11 Å². The van der Waals surface area contributed by atoms with Crippen LogP contribution in [0.1, 0.15) is 0 Å². The molecule has 2 rings (SSSR count). The molecule has 1 aliphatic rings. The average molecular weight is 229 g/mol. The molecule has 1 aromatic heterocycles. The zero-order valence-corrected chi connectivity index (χ0v) is 8.03. The lowest BCUT2D eigenvalue weighted by Gasteiger charge is -2.38. The number of aliphatic hydroxyl groups excluding tert-OH is 1. The first kappa shape index (κ1) is 8.01. The van der Waals surface area contributed by atoms with E-state index < -0.39 is 0 Å². The van der Waals surface area contributed by atoms with Gasteiger partial charge >= 0.3 is 0 Å². The highest BCUT2D eigenvalue weighted by Crippen LogP contribution is 2.28. The van der Waals surface area contributed by atoms with Gasteiger partial charge in [0.2, 0.25) is 0 Å². The van der Waals surface area contributed by atoms with Gasteiger partial charge in [-0.05, 0) is 22.0 Å². The van der Waals surface area contributed by atoms with Gasteiger partial charge in [0.15, 0.2) is 0 Å². The zero-order chi connectivity index (χ0) is 8.55. The summed E-state index contributed by atoms with van der Waals surface area (Å²) in [5.74, 6) is 0. The molecule has 0 spiro atoms. The molecule has 2 heterocycles. The van der Waals surface area contributed by atoms with Crippen molar-refractivity contribution in [2.45, 2.75) is 6.10 Å². The molecule has 0 aromatic carbocycles.